The van der Waals surface area contributed by atoms with E-state index in [0.29, 0.717) is 29.4 Å². The zero-order valence-corrected chi connectivity index (χ0v) is 22.9. The maximum Gasteiger partial charge on any atom is 0.277 e. The molecule has 0 spiro atoms. The van der Waals surface area contributed by atoms with Gasteiger partial charge >= 0.3 is 0 Å². The average molecular weight is 619 g/mol. The molecule has 0 aliphatic carbocycles. The first kappa shape index (κ1) is 27.2. The van der Waals surface area contributed by atoms with E-state index in [0.717, 1.165) is 20.2 Å². The van der Waals surface area contributed by atoms with Crippen LogP contribution in [0, 0.1) is 6.92 Å². The second-order valence-corrected chi connectivity index (χ2v) is 9.22. The summed E-state index contributed by atoms with van der Waals surface area (Å²) in [5.41, 5.74) is 4.79. The Morgan fingerprint density at radius 1 is 0.889 bits per heavy atom. The summed E-state index contributed by atoms with van der Waals surface area (Å²) in [4.78, 5) is 24.4. The third-order valence-corrected chi connectivity index (χ3v) is 5.81. The number of benzene rings is 3. The van der Waals surface area contributed by atoms with Crippen molar-refractivity contribution in [3.8, 4) is 17.2 Å². The number of aryl methyl sites for hydroxylation is 1. The van der Waals surface area contributed by atoms with Crippen LogP contribution in [0.15, 0.2) is 74.7 Å². The second-order valence-electron chi connectivity index (χ2n) is 7.45. The first-order chi connectivity index (χ1) is 17.4. The van der Waals surface area contributed by atoms with E-state index in [9.17, 15) is 9.59 Å². The van der Waals surface area contributed by atoms with Crippen molar-refractivity contribution in [3.63, 3.8) is 0 Å². The summed E-state index contributed by atoms with van der Waals surface area (Å²) in [5, 5.41) is 6.79. The number of hydrazone groups is 1. The van der Waals surface area contributed by atoms with E-state index in [1.807, 2.05) is 50.2 Å². The SMILES string of the molecule is CCOc1cc(/C=N/NC(=O)COc2ccc(Br)cc2Br)ccc1OCC(=O)Nc1ccccc1C. The Hall–Kier alpha value is -3.37. The fourth-order valence-electron chi connectivity index (χ4n) is 2.98. The summed E-state index contributed by atoms with van der Waals surface area (Å²) in [5.74, 6) is 0.733. The van der Waals surface area contributed by atoms with Gasteiger partial charge in [-0.05, 0) is 83.4 Å². The molecule has 0 radical (unpaired) electrons. The van der Waals surface area contributed by atoms with Crippen LogP contribution in [0.2, 0.25) is 0 Å². The van der Waals surface area contributed by atoms with Crippen LogP contribution in [-0.4, -0.2) is 37.8 Å². The molecule has 3 aromatic carbocycles. The highest BCUT2D eigenvalue weighted by Crippen LogP contribution is 2.29. The number of para-hydroxylation sites is 1. The minimum absolute atomic E-state index is 0.174. The lowest BCUT2D eigenvalue weighted by Gasteiger charge is -2.13. The fourth-order valence-corrected chi connectivity index (χ4v) is 4.14. The molecular formula is C26H25Br2N3O5. The van der Waals surface area contributed by atoms with E-state index in [1.54, 1.807) is 24.3 Å². The third kappa shape index (κ3) is 8.39. The first-order valence-corrected chi connectivity index (χ1v) is 12.6. The molecule has 0 aromatic heterocycles. The van der Waals surface area contributed by atoms with Crippen molar-refractivity contribution >= 4 is 55.6 Å². The number of rotatable bonds is 11. The minimum atomic E-state index is -0.411. The maximum atomic E-state index is 12.3. The Labute approximate surface area is 226 Å². The highest BCUT2D eigenvalue weighted by atomic mass is 79.9. The van der Waals surface area contributed by atoms with Crippen LogP contribution < -0.4 is 25.0 Å². The Balaban J connectivity index is 1.53. The molecule has 0 saturated heterocycles. The minimum Gasteiger partial charge on any atom is -0.490 e. The van der Waals surface area contributed by atoms with Gasteiger partial charge in [0.25, 0.3) is 11.8 Å². The van der Waals surface area contributed by atoms with Gasteiger partial charge in [-0.2, -0.15) is 5.10 Å². The summed E-state index contributed by atoms with van der Waals surface area (Å²) in [6, 6.07) is 18.0. The Morgan fingerprint density at radius 3 is 2.36 bits per heavy atom. The van der Waals surface area contributed by atoms with Gasteiger partial charge < -0.3 is 19.5 Å². The topological polar surface area (TPSA) is 98.2 Å². The quantitative estimate of drug-likeness (QED) is 0.220. The van der Waals surface area contributed by atoms with Crippen LogP contribution in [0.1, 0.15) is 18.1 Å². The zero-order valence-electron chi connectivity index (χ0n) is 19.7. The second kappa shape index (κ2) is 13.6. The maximum absolute atomic E-state index is 12.3. The zero-order chi connectivity index (χ0) is 25.9. The summed E-state index contributed by atoms with van der Waals surface area (Å²) in [6.07, 6.45) is 1.48. The molecule has 0 bridgehead atoms. The Kier molecular flexibility index (Phi) is 10.3. The van der Waals surface area contributed by atoms with Crippen LogP contribution in [0.3, 0.4) is 0 Å². The number of nitrogens with one attached hydrogen (secondary N) is 2. The number of nitrogens with zero attached hydrogens (tertiary/aromatic N) is 1. The number of anilines is 1. The van der Waals surface area contributed by atoms with Crippen LogP contribution in [0.4, 0.5) is 5.69 Å². The first-order valence-electron chi connectivity index (χ1n) is 11.0. The number of hydrogen-bond acceptors (Lipinski definition) is 6. The predicted molar refractivity (Wildman–Crippen MR) is 146 cm³/mol. The largest absolute Gasteiger partial charge is 0.490 e. The van der Waals surface area contributed by atoms with Gasteiger partial charge in [0.2, 0.25) is 0 Å². The van der Waals surface area contributed by atoms with Crippen molar-refractivity contribution in [3.05, 3.63) is 80.7 Å². The summed E-state index contributed by atoms with van der Waals surface area (Å²) < 4.78 is 18.4. The predicted octanol–water partition coefficient (Wildman–Crippen LogP) is 5.47. The van der Waals surface area contributed by atoms with Crippen molar-refractivity contribution < 1.29 is 23.8 Å². The molecule has 3 aromatic rings. The van der Waals surface area contributed by atoms with E-state index in [2.05, 4.69) is 47.7 Å². The van der Waals surface area contributed by atoms with Crippen LogP contribution in [-0.2, 0) is 9.59 Å². The molecule has 36 heavy (non-hydrogen) atoms. The van der Waals surface area contributed by atoms with Crippen molar-refractivity contribution in [2.24, 2.45) is 5.10 Å². The highest BCUT2D eigenvalue weighted by molar-refractivity contribution is 9.11. The van der Waals surface area contributed by atoms with Gasteiger partial charge in [-0.15, -0.1) is 0 Å². The monoisotopic (exact) mass is 617 g/mol. The average Bonchev–Trinajstić information content (AvgIpc) is 2.84. The normalized spacial score (nSPS) is 10.7. The molecule has 0 aliphatic rings. The van der Waals surface area contributed by atoms with E-state index in [4.69, 9.17) is 14.2 Å². The van der Waals surface area contributed by atoms with Gasteiger partial charge in [0.15, 0.2) is 24.7 Å². The fraction of sp³-hybridized carbons (Fsp3) is 0.192. The molecule has 0 aliphatic heterocycles. The van der Waals surface area contributed by atoms with E-state index < -0.39 is 5.91 Å². The molecule has 3 rings (SSSR count). The van der Waals surface area contributed by atoms with E-state index >= 15 is 0 Å². The van der Waals surface area contributed by atoms with Crippen molar-refractivity contribution in [1.29, 1.82) is 0 Å². The Bertz CT molecular complexity index is 1250. The Morgan fingerprint density at radius 2 is 1.61 bits per heavy atom. The summed E-state index contributed by atoms with van der Waals surface area (Å²) >= 11 is 6.74. The molecule has 0 atom stereocenters. The number of hydrogen-bond donors (Lipinski definition) is 2. The number of carbonyl (C=O) groups excluding carboxylic acids is 2. The lowest BCUT2D eigenvalue weighted by Crippen LogP contribution is -2.24. The van der Waals surface area contributed by atoms with Gasteiger partial charge in [0.1, 0.15) is 5.75 Å². The molecule has 188 valence electrons. The van der Waals surface area contributed by atoms with Crippen LogP contribution >= 0.6 is 31.9 Å². The molecule has 2 N–H and O–H groups in total. The number of carbonyl (C=O) groups is 2. The van der Waals surface area contributed by atoms with E-state index in [-0.39, 0.29) is 19.1 Å². The summed E-state index contributed by atoms with van der Waals surface area (Å²) in [7, 11) is 0. The van der Waals surface area contributed by atoms with E-state index in [1.165, 1.54) is 6.21 Å². The van der Waals surface area contributed by atoms with Gasteiger partial charge in [-0.25, -0.2) is 5.43 Å². The molecule has 8 nitrogen and oxygen atoms in total. The van der Waals surface area contributed by atoms with Gasteiger partial charge in [-0.1, -0.05) is 34.1 Å². The number of ether oxygens (including phenoxy) is 3. The van der Waals surface area contributed by atoms with Crippen molar-refractivity contribution in [1.82, 2.24) is 5.43 Å². The molecule has 0 heterocycles. The van der Waals surface area contributed by atoms with Crippen LogP contribution in [0.25, 0.3) is 0 Å². The van der Waals surface area contributed by atoms with Crippen molar-refractivity contribution in [2.45, 2.75) is 13.8 Å². The lowest BCUT2D eigenvalue weighted by molar-refractivity contribution is -0.123. The van der Waals surface area contributed by atoms with Crippen LogP contribution in [0.5, 0.6) is 17.2 Å². The van der Waals surface area contributed by atoms with Gasteiger partial charge in [0, 0.05) is 10.2 Å². The molecule has 2 amide bonds. The molecule has 0 saturated carbocycles. The molecular weight excluding hydrogens is 594 g/mol. The standard InChI is InChI=1S/C26H25Br2N3O5/c1-3-34-24-12-18(14-29-31-26(33)16-35-22-11-9-19(27)13-20(22)28)8-10-23(24)36-15-25(32)30-21-7-5-4-6-17(21)2/h4-14H,3,15-16H2,1-2H3,(H,30,32)(H,31,33)/b29-14+. The van der Waals surface area contributed by atoms with Gasteiger partial charge in [0.05, 0.1) is 17.3 Å². The molecule has 10 heteroatoms. The van der Waals surface area contributed by atoms with Crippen molar-refractivity contribution in [2.75, 3.05) is 25.1 Å². The molecule has 0 unspecified atom stereocenters. The van der Waals surface area contributed by atoms with Gasteiger partial charge in [-0.3, -0.25) is 9.59 Å². The summed E-state index contributed by atoms with van der Waals surface area (Å²) in [6.45, 7) is 3.80. The highest BCUT2D eigenvalue weighted by Gasteiger charge is 2.10. The number of halogens is 2. The molecule has 0 fully saturated rings. The third-order valence-electron chi connectivity index (χ3n) is 4.70. The lowest BCUT2D eigenvalue weighted by atomic mass is 10.2. The number of amides is 2. The smallest absolute Gasteiger partial charge is 0.277 e.